The highest BCUT2D eigenvalue weighted by molar-refractivity contribution is 7.91. The van der Waals surface area contributed by atoms with Crippen LogP contribution in [0.4, 0.5) is 18.0 Å². The van der Waals surface area contributed by atoms with Crippen LogP contribution >= 0.6 is 0 Å². The summed E-state index contributed by atoms with van der Waals surface area (Å²) >= 11 is 0. The highest BCUT2D eigenvalue weighted by Crippen LogP contribution is 2.16. The van der Waals surface area contributed by atoms with E-state index in [0.29, 0.717) is 5.56 Å². The molecule has 1 heterocycles. The molecule has 0 atom stereocenters. The van der Waals surface area contributed by atoms with Gasteiger partial charge in [-0.3, -0.25) is 20.4 Å². The van der Waals surface area contributed by atoms with E-state index in [4.69, 9.17) is 0 Å². The second-order valence-corrected chi connectivity index (χ2v) is 10.2. The molecule has 3 rings (SSSR count). The van der Waals surface area contributed by atoms with Gasteiger partial charge in [-0.05, 0) is 23.3 Å². The lowest BCUT2D eigenvalue weighted by Crippen LogP contribution is -2.49. The number of hydrazine groups is 1. The van der Waals surface area contributed by atoms with Gasteiger partial charge in [0.25, 0.3) is 5.91 Å². The Morgan fingerprint density at radius 3 is 1.94 bits per heavy atom. The number of carbonyl (C=O) groups is 3. The summed E-state index contributed by atoms with van der Waals surface area (Å²) in [5.74, 6) is -3.46. The number of hydrogen-bond acceptors (Lipinski definition) is 5. The summed E-state index contributed by atoms with van der Waals surface area (Å²) in [7, 11) is -3.16. The first kappa shape index (κ1) is 26.0. The number of carbonyl (C=O) groups excluding carboxylic acids is 3. The maximum atomic E-state index is 13.2. The number of benzene rings is 2. The molecule has 0 bridgehead atoms. The Morgan fingerprint density at radius 2 is 1.40 bits per heavy atom. The lowest BCUT2D eigenvalue weighted by Gasteiger charge is -2.33. The Labute approximate surface area is 199 Å². The standard InChI is InChI=1S/C22H23F3N4O5S/c23-22(24,25)20(31)27-26-19(30)18-8-6-17(7-9-18)15-29(14-16-4-2-1-3-5-16)21(32)28-10-12-35(33,34)13-11-28/h1-9H,10-15H2,(H,26,30)(H,27,31). The monoisotopic (exact) mass is 512 g/mol. The molecule has 0 saturated carbocycles. The Morgan fingerprint density at radius 1 is 0.857 bits per heavy atom. The van der Waals surface area contributed by atoms with Crippen molar-refractivity contribution in [3.8, 4) is 0 Å². The first-order valence-electron chi connectivity index (χ1n) is 10.5. The molecule has 1 saturated heterocycles. The highest BCUT2D eigenvalue weighted by Gasteiger charge is 2.39. The summed E-state index contributed by atoms with van der Waals surface area (Å²) in [5.41, 5.74) is 4.47. The van der Waals surface area contributed by atoms with Crippen molar-refractivity contribution in [2.24, 2.45) is 0 Å². The van der Waals surface area contributed by atoms with Crippen molar-refractivity contribution in [2.45, 2.75) is 19.3 Å². The summed E-state index contributed by atoms with van der Waals surface area (Å²) in [5, 5.41) is 0. The van der Waals surface area contributed by atoms with Crippen molar-refractivity contribution in [1.29, 1.82) is 0 Å². The van der Waals surface area contributed by atoms with Gasteiger partial charge in [0.05, 0.1) is 11.5 Å². The van der Waals surface area contributed by atoms with Gasteiger partial charge in [-0.25, -0.2) is 13.2 Å². The van der Waals surface area contributed by atoms with Crippen LogP contribution < -0.4 is 10.9 Å². The normalized spacial score (nSPS) is 15.2. The predicted molar refractivity (Wildman–Crippen MR) is 119 cm³/mol. The van der Waals surface area contributed by atoms with E-state index in [2.05, 4.69) is 0 Å². The molecule has 0 aliphatic carbocycles. The molecule has 0 unspecified atom stereocenters. The lowest BCUT2D eigenvalue weighted by atomic mass is 10.1. The van der Waals surface area contributed by atoms with E-state index in [-0.39, 0.29) is 49.3 Å². The molecule has 1 aliphatic rings. The first-order valence-corrected chi connectivity index (χ1v) is 12.3. The van der Waals surface area contributed by atoms with Crippen LogP contribution in [-0.2, 0) is 27.7 Å². The zero-order chi connectivity index (χ0) is 25.6. The molecule has 188 valence electrons. The summed E-state index contributed by atoms with van der Waals surface area (Å²) in [6.07, 6.45) is -5.13. The van der Waals surface area contributed by atoms with Crippen molar-refractivity contribution in [2.75, 3.05) is 24.6 Å². The minimum atomic E-state index is -5.13. The van der Waals surface area contributed by atoms with Gasteiger partial charge in [0.1, 0.15) is 0 Å². The third-order valence-electron chi connectivity index (χ3n) is 5.24. The molecule has 1 aliphatic heterocycles. The zero-order valence-corrected chi connectivity index (χ0v) is 19.2. The van der Waals surface area contributed by atoms with Crippen LogP contribution in [0, 0.1) is 0 Å². The van der Waals surface area contributed by atoms with Crippen molar-refractivity contribution in [3.05, 3.63) is 71.3 Å². The van der Waals surface area contributed by atoms with Crippen molar-refractivity contribution in [1.82, 2.24) is 20.7 Å². The second kappa shape index (κ2) is 10.8. The van der Waals surface area contributed by atoms with Crippen LogP contribution in [-0.4, -0.2) is 66.8 Å². The number of urea groups is 1. The molecule has 4 amide bonds. The van der Waals surface area contributed by atoms with E-state index in [1.807, 2.05) is 30.3 Å². The molecule has 0 spiro atoms. The summed E-state index contributed by atoms with van der Waals surface area (Å²) in [6.45, 7) is 0.586. The number of hydrogen-bond donors (Lipinski definition) is 2. The Hall–Kier alpha value is -3.61. The average Bonchev–Trinajstić information content (AvgIpc) is 2.82. The van der Waals surface area contributed by atoms with Gasteiger partial charge < -0.3 is 9.80 Å². The number of nitrogens with one attached hydrogen (secondary N) is 2. The van der Waals surface area contributed by atoms with Crippen LogP contribution in [0.25, 0.3) is 0 Å². The quantitative estimate of drug-likeness (QED) is 0.594. The van der Waals surface area contributed by atoms with E-state index in [1.54, 1.807) is 10.3 Å². The molecular formula is C22H23F3N4O5S. The number of sulfone groups is 1. The molecule has 0 aromatic heterocycles. The average molecular weight is 513 g/mol. The smallest absolute Gasteiger partial charge is 0.323 e. The fourth-order valence-electron chi connectivity index (χ4n) is 3.34. The van der Waals surface area contributed by atoms with Gasteiger partial charge >= 0.3 is 18.1 Å². The van der Waals surface area contributed by atoms with Gasteiger partial charge in [-0.1, -0.05) is 42.5 Å². The summed E-state index contributed by atoms with van der Waals surface area (Å²) in [6, 6.07) is 14.6. The fourth-order valence-corrected chi connectivity index (χ4v) is 4.54. The number of halogens is 3. The topological polar surface area (TPSA) is 116 Å². The Balaban J connectivity index is 1.69. The third-order valence-corrected chi connectivity index (χ3v) is 6.85. The fraction of sp³-hybridized carbons (Fsp3) is 0.318. The van der Waals surface area contributed by atoms with Gasteiger partial charge in [-0.2, -0.15) is 13.2 Å². The molecule has 2 aromatic carbocycles. The molecular weight excluding hydrogens is 489 g/mol. The SMILES string of the molecule is O=C(NNC(=O)C(F)(F)F)c1ccc(CN(Cc2ccccc2)C(=O)N2CCS(=O)(=O)CC2)cc1. The largest absolute Gasteiger partial charge is 0.472 e. The Bertz CT molecular complexity index is 1160. The minimum absolute atomic E-state index is 0.00148. The van der Waals surface area contributed by atoms with E-state index in [9.17, 15) is 36.0 Å². The lowest BCUT2D eigenvalue weighted by molar-refractivity contribution is -0.174. The molecule has 2 N–H and O–H groups in total. The third kappa shape index (κ3) is 7.44. The van der Waals surface area contributed by atoms with E-state index < -0.39 is 27.8 Å². The van der Waals surface area contributed by atoms with E-state index >= 15 is 0 Å². The Kier molecular flexibility index (Phi) is 7.99. The van der Waals surface area contributed by atoms with Gasteiger partial charge in [-0.15, -0.1) is 0 Å². The van der Waals surface area contributed by atoms with Crippen LogP contribution in [0.15, 0.2) is 54.6 Å². The van der Waals surface area contributed by atoms with Gasteiger partial charge in [0.15, 0.2) is 9.84 Å². The van der Waals surface area contributed by atoms with Crippen molar-refractivity contribution in [3.63, 3.8) is 0 Å². The second-order valence-electron chi connectivity index (χ2n) is 7.87. The molecule has 13 heteroatoms. The van der Waals surface area contributed by atoms with E-state index in [1.165, 1.54) is 34.6 Å². The maximum Gasteiger partial charge on any atom is 0.472 e. The van der Waals surface area contributed by atoms with Gasteiger partial charge in [0.2, 0.25) is 0 Å². The first-order chi connectivity index (χ1) is 16.4. The summed E-state index contributed by atoms with van der Waals surface area (Å²) < 4.78 is 60.2. The van der Waals surface area contributed by atoms with Gasteiger partial charge in [0, 0.05) is 31.7 Å². The van der Waals surface area contributed by atoms with Crippen LogP contribution in [0.3, 0.4) is 0 Å². The molecule has 1 fully saturated rings. The highest BCUT2D eigenvalue weighted by atomic mass is 32.2. The minimum Gasteiger partial charge on any atom is -0.323 e. The molecule has 35 heavy (non-hydrogen) atoms. The maximum absolute atomic E-state index is 13.2. The molecule has 9 nitrogen and oxygen atoms in total. The zero-order valence-electron chi connectivity index (χ0n) is 18.4. The number of alkyl halides is 3. The van der Waals surface area contributed by atoms with Crippen LogP contribution in [0.1, 0.15) is 21.5 Å². The predicted octanol–water partition coefficient (Wildman–Crippen LogP) is 1.86. The van der Waals surface area contributed by atoms with Crippen molar-refractivity contribution < 1.29 is 36.0 Å². The molecule has 0 radical (unpaired) electrons. The van der Waals surface area contributed by atoms with Crippen LogP contribution in [0.2, 0.25) is 0 Å². The number of amides is 4. The van der Waals surface area contributed by atoms with Crippen LogP contribution in [0.5, 0.6) is 0 Å². The summed E-state index contributed by atoms with van der Waals surface area (Å²) in [4.78, 5) is 39.0. The van der Waals surface area contributed by atoms with Crippen molar-refractivity contribution >= 4 is 27.7 Å². The number of nitrogens with zero attached hydrogens (tertiary/aromatic N) is 2. The molecule has 2 aromatic rings. The van der Waals surface area contributed by atoms with E-state index in [0.717, 1.165) is 5.56 Å². The number of rotatable bonds is 5.